The molecule has 1 amide bonds. The average molecular weight is 409 g/mol. The molecule has 0 unspecified atom stereocenters. The molecule has 3 aromatic carbocycles. The molecular formula is C22H17ClN2O2S. The lowest BCUT2D eigenvalue weighted by Crippen LogP contribution is -2.19. The van der Waals surface area contributed by atoms with Gasteiger partial charge in [0.1, 0.15) is 5.75 Å². The number of hydrogen-bond acceptors (Lipinski definition) is 4. The van der Waals surface area contributed by atoms with E-state index in [0.29, 0.717) is 15.1 Å². The summed E-state index contributed by atoms with van der Waals surface area (Å²) in [6, 6.07) is 17.3. The zero-order valence-corrected chi connectivity index (χ0v) is 16.9. The quantitative estimate of drug-likeness (QED) is 0.565. The Bertz CT molecular complexity index is 1150. The summed E-state index contributed by atoms with van der Waals surface area (Å²) in [7, 11) is 1.65. The van der Waals surface area contributed by atoms with Crippen molar-refractivity contribution in [2.45, 2.75) is 6.92 Å². The SMILES string of the molecule is COc1ccc(/C=C2\SC(=Nc3ccc(Cl)cc3C)NC2=O)c2ccccc12. The van der Waals surface area contributed by atoms with Crippen LogP contribution in [0.25, 0.3) is 16.8 Å². The monoisotopic (exact) mass is 408 g/mol. The normalized spacial score (nSPS) is 16.8. The summed E-state index contributed by atoms with van der Waals surface area (Å²) in [5.74, 6) is 0.650. The first kappa shape index (κ1) is 18.6. The van der Waals surface area contributed by atoms with Crippen LogP contribution in [0.4, 0.5) is 5.69 Å². The Balaban J connectivity index is 1.69. The minimum Gasteiger partial charge on any atom is -0.496 e. The number of amidine groups is 1. The third kappa shape index (κ3) is 3.63. The molecule has 6 heteroatoms. The molecule has 0 aromatic heterocycles. The van der Waals surface area contributed by atoms with Crippen molar-refractivity contribution in [2.75, 3.05) is 7.11 Å². The number of hydrogen-bond donors (Lipinski definition) is 1. The number of nitrogens with zero attached hydrogens (tertiary/aromatic N) is 1. The summed E-state index contributed by atoms with van der Waals surface area (Å²) in [5.41, 5.74) is 2.69. The number of aliphatic imine (C=N–C) groups is 1. The number of carbonyl (C=O) groups excluding carboxylic acids is 1. The van der Waals surface area contributed by atoms with Crippen LogP contribution in [0.5, 0.6) is 5.75 Å². The van der Waals surface area contributed by atoms with E-state index in [1.54, 1.807) is 13.2 Å². The van der Waals surface area contributed by atoms with E-state index < -0.39 is 0 Å². The second kappa shape index (κ2) is 7.70. The van der Waals surface area contributed by atoms with Crippen molar-refractivity contribution in [1.29, 1.82) is 0 Å². The van der Waals surface area contributed by atoms with Gasteiger partial charge in [0.25, 0.3) is 5.91 Å². The highest BCUT2D eigenvalue weighted by Crippen LogP contribution is 2.33. The third-order valence-electron chi connectivity index (χ3n) is 4.46. The highest BCUT2D eigenvalue weighted by atomic mass is 35.5. The number of nitrogens with one attached hydrogen (secondary N) is 1. The molecule has 1 aliphatic heterocycles. The van der Waals surface area contributed by atoms with Gasteiger partial charge >= 0.3 is 0 Å². The Hall–Kier alpha value is -2.76. The standard InChI is InChI=1S/C22H17ClN2O2S/c1-13-11-15(23)8-9-18(13)24-22-25-21(26)20(28-22)12-14-7-10-19(27-2)17-6-4-3-5-16(14)17/h3-12H,1-2H3,(H,24,25,26)/b20-12-. The number of rotatable bonds is 3. The number of thioether (sulfide) groups is 1. The van der Waals surface area contributed by atoms with E-state index in [1.165, 1.54) is 11.8 Å². The van der Waals surface area contributed by atoms with Crippen LogP contribution in [-0.4, -0.2) is 18.2 Å². The number of ether oxygens (including phenoxy) is 1. The molecule has 3 aromatic rings. The van der Waals surface area contributed by atoms with Crippen LogP contribution in [0.2, 0.25) is 5.02 Å². The molecule has 4 rings (SSSR count). The Kier molecular flexibility index (Phi) is 5.11. The van der Waals surface area contributed by atoms with E-state index in [4.69, 9.17) is 16.3 Å². The lowest BCUT2D eigenvalue weighted by Gasteiger charge is -2.08. The van der Waals surface area contributed by atoms with E-state index in [-0.39, 0.29) is 5.91 Å². The number of benzene rings is 3. The molecule has 1 N–H and O–H groups in total. The molecule has 1 fully saturated rings. The largest absolute Gasteiger partial charge is 0.496 e. The van der Waals surface area contributed by atoms with Gasteiger partial charge in [-0.25, -0.2) is 4.99 Å². The molecule has 1 saturated heterocycles. The van der Waals surface area contributed by atoms with Crippen LogP contribution in [0.1, 0.15) is 11.1 Å². The van der Waals surface area contributed by atoms with Crippen molar-refractivity contribution >= 4 is 57.0 Å². The van der Waals surface area contributed by atoms with Gasteiger partial charge in [0, 0.05) is 10.4 Å². The molecule has 1 aliphatic rings. The lowest BCUT2D eigenvalue weighted by atomic mass is 10.0. The van der Waals surface area contributed by atoms with E-state index >= 15 is 0 Å². The summed E-state index contributed by atoms with van der Waals surface area (Å²) >= 11 is 7.32. The number of carbonyl (C=O) groups is 1. The fraction of sp³-hybridized carbons (Fsp3) is 0.0909. The third-order valence-corrected chi connectivity index (χ3v) is 5.60. The molecule has 140 valence electrons. The van der Waals surface area contributed by atoms with E-state index in [9.17, 15) is 4.79 Å². The maximum absolute atomic E-state index is 12.5. The molecule has 0 saturated carbocycles. The summed E-state index contributed by atoms with van der Waals surface area (Å²) in [5, 5.41) is 6.09. The van der Waals surface area contributed by atoms with E-state index in [2.05, 4.69) is 10.3 Å². The summed E-state index contributed by atoms with van der Waals surface area (Å²) < 4.78 is 5.44. The van der Waals surface area contributed by atoms with Crippen molar-refractivity contribution in [2.24, 2.45) is 4.99 Å². The van der Waals surface area contributed by atoms with Crippen molar-refractivity contribution in [3.8, 4) is 5.75 Å². The summed E-state index contributed by atoms with van der Waals surface area (Å²) in [4.78, 5) is 17.6. The Morgan fingerprint density at radius 1 is 1.11 bits per heavy atom. The molecule has 0 bridgehead atoms. The average Bonchev–Trinajstić information content (AvgIpc) is 3.03. The van der Waals surface area contributed by atoms with Crippen LogP contribution in [0, 0.1) is 6.92 Å². The molecule has 1 heterocycles. The predicted molar refractivity (Wildman–Crippen MR) is 117 cm³/mol. The zero-order chi connectivity index (χ0) is 19.7. The first-order valence-corrected chi connectivity index (χ1v) is 9.86. The van der Waals surface area contributed by atoms with Gasteiger partial charge in [-0.1, -0.05) is 41.9 Å². The molecule has 0 aliphatic carbocycles. The second-order valence-corrected chi connectivity index (χ2v) is 7.78. The first-order valence-electron chi connectivity index (χ1n) is 8.66. The second-order valence-electron chi connectivity index (χ2n) is 6.32. The molecular weight excluding hydrogens is 392 g/mol. The molecule has 28 heavy (non-hydrogen) atoms. The Labute approximate surface area is 172 Å². The van der Waals surface area contributed by atoms with Gasteiger partial charge in [-0.2, -0.15) is 0 Å². The maximum atomic E-state index is 12.5. The van der Waals surface area contributed by atoms with E-state index in [0.717, 1.165) is 33.3 Å². The van der Waals surface area contributed by atoms with Crippen molar-refractivity contribution in [3.63, 3.8) is 0 Å². The van der Waals surface area contributed by atoms with Crippen molar-refractivity contribution < 1.29 is 9.53 Å². The maximum Gasteiger partial charge on any atom is 0.264 e. The summed E-state index contributed by atoms with van der Waals surface area (Å²) in [6.07, 6.45) is 1.89. The van der Waals surface area contributed by atoms with Gasteiger partial charge < -0.3 is 10.1 Å². The van der Waals surface area contributed by atoms with Crippen LogP contribution >= 0.6 is 23.4 Å². The van der Waals surface area contributed by atoms with Crippen LogP contribution in [0.3, 0.4) is 0 Å². The summed E-state index contributed by atoms with van der Waals surface area (Å²) in [6.45, 7) is 1.94. The number of fused-ring (bicyclic) bond motifs is 1. The molecule has 0 spiro atoms. The van der Waals surface area contributed by atoms with Crippen LogP contribution in [0.15, 0.2) is 64.5 Å². The molecule has 0 radical (unpaired) electrons. The Morgan fingerprint density at radius 2 is 1.89 bits per heavy atom. The number of halogens is 1. The van der Waals surface area contributed by atoms with E-state index in [1.807, 2.05) is 61.5 Å². The number of methoxy groups -OCH3 is 1. The highest BCUT2D eigenvalue weighted by Gasteiger charge is 2.24. The van der Waals surface area contributed by atoms with Gasteiger partial charge in [0.05, 0.1) is 17.7 Å². The number of amides is 1. The topological polar surface area (TPSA) is 50.7 Å². The zero-order valence-electron chi connectivity index (χ0n) is 15.3. The van der Waals surface area contributed by atoms with Gasteiger partial charge in [-0.05, 0) is 65.5 Å². The number of aryl methyl sites for hydroxylation is 1. The van der Waals surface area contributed by atoms with Gasteiger partial charge in [0.2, 0.25) is 0 Å². The van der Waals surface area contributed by atoms with Crippen LogP contribution in [-0.2, 0) is 4.79 Å². The minimum absolute atomic E-state index is 0.157. The predicted octanol–water partition coefficient (Wildman–Crippen LogP) is 5.70. The van der Waals surface area contributed by atoms with Crippen LogP contribution < -0.4 is 10.1 Å². The van der Waals surface area contributed by atoms with Crippen molar-refractivity contribution in [1.82, 2.24) is 5.32 Å². The minimum atomic E-state index is -0.157. The fourth-order valence-corrected chi connectivity index (χ4v) is 4.13. The molecule has 0 atom stereocenters. The van der Waals surface area contributed by atoms with Gasteiger partial charge in [0.15, 0.2) is 5.17 Å². The van der Waals surface area contributed by atoms with Gasteiger partial charge in [-0.3, -0.25) is 4.79 Å². The fourth-order valence-electron chi connectivity index (χ4n) is 3.07. The van der Waals surface area contributed by atoms with Gasteiger partial charge in [-0.15, -0.1) is 0 Å². The lowest BCUT2D eigenvalue weighted by molar-refractivity contribution is -0.115. The van der Waals surface area contributed by atoms with Crippen molar-refractivity contribution in [3.05, 3.63) is 75.7 Å². The first-order chi connectivity index (χ1) is 13.5. The smallest absolute Gasteiger partial charge is 0.264 e. The Morgan fingerprint density at radius 3 is 2.64 bits per heavy atom. The molecule has 4 nitrogen and oxygen atoms in total. The highest BCUT2D eigenvalue weighted by molar-refractivity contribution is 8.18.